The fourth-order valence-electron chi connectivity index (χ4n) is 1.51. The fraction of sp³-hybridized carbons (Fsp3) is 0.500. The van der Waals surface area contributed by atoms with Crippen LogP contribution in [0.4, 0.5) is 5.69 Å². The van der Waals surface area contributed by atoms with Gasteiger partial charge in [0.1, 0.15) is 0 Å². The first-order valence-electron chi connectivity index (χ1n) is 6.41. The molecular weight excluding hydrogens is 228 g/mol. The molecule has 1 amide bonds. The van der Waals surface area contributed by atoms with Crippen molar-refractivity contribution < 1.29 is 9.53 Å². The van der Waals surface area contributed by atoms with Gasteiger partial charge < -0.3 is 15.4 Å². The molecule has 0 unspecified atom stereocenters. The molecule has 2 N–H and O–H groups in total. The third kappa shape index (κ3) is 5.19. The second-order valence-corrected chi connectivity index (χ2v) is 4.05. The molecular formula is C14H22N2O2. The molecule has 0 saturated heterocycles. The van der Waals surface area contributed by atoms with E-state index in [0.29, 0.717) is 18.7 Å². The van der Waals surface area contributed by atoms with Gasteiger partial charge in [0.25, 0.3) is 5.91 Å². The van der Waals surface area contributed by atoms with Crippen LogP contribution in [0, 0.1) is 0 Å². The van der Waals surface area contributed by atoms with Gasteiger partial charge >= 0.3 is 0 Å². The Morgan fingerprint density at radius 2 is 1.94 bits per heavy atom. The van der Waals surface area contributed by atoms with E-state index in [-0.39, 0.29) is 5.91 Å². The summed E-state index contributed by atoms with van der Waals surface area (Å²) in [6.45, 7) is 4.22. The maximum Gasteiger partial charge on any atom is 0.251 e. The zero-order valence-electron chi connectivity index (χ0n) is 11.2. The van der Waals surface area contributed by atoms with Crippen LogP contribution in [0.5, 0.6) is 0 Å². The summed E-state index contributed by atoms with van der Waals surface area (Å²) in [4.78, 5) is 11.8. The quantitative estimate of drug-likeness (QED) is 0.696. The topological polar surface area (TPSA) is 50.4 Å². The van der Waals surface area contributed by atoms with Crippen molar-refractivity contribution >= 4 is 11.6 Å². The lowest BCUT2D eigenvalue weighted by molar-refractivity contribution is 0.0941. The summed E-state index contributed by atoms with van der Waals surface area (Å²) >= 11 is 0. The summed E-state index contributed by atoms with van der Waals surface area (Å²) in [5.74, 6) is -0.0341. The summed E-state index contributed by atoms with van der Waals surface area (Å²) < 4.78 is 5.34. The molecule has 0 aromatic heterocycles. The first-order chi connectivity index (χ1) is 8.77. The number of amides is 1. The van der Waals surface area contributed by atoms with Crippen molar-refractivity contribution in [3.05, 3.63) is 29.8 Å². The number of benzene rings is 1. The van der Waals surface area contributed by atoms with Crippen LogP contribution in [0.25, 0.3) is 0 Å². The van der Waals surface area contributed by atoms with Crippen LogP contribution in [0.15, 0.2) is 24.3 Å². The predicted octanol–water partition coefficient (Wildman–Crippen LogP) is 2.27. The number of hydrogen-bond acceptors (Lipinski definition) is 3. The van der Waals surface area contributed by atoms with E-state index in [0.717, 1.165) is 25.1 Å². The number of hydrogen-bond donors (Lipinski definition) is 2. The van der Waals surface area contributed by atoms with Gasteiger partial charge in [0.15, 0.2) is 0 Å². The van der Waals surface area contributed by atoms with Crippen LogP contribution >= 0.6 is 0 Å². The number of nitrogens with one attached hydrogen (secondary N) is 2. The van der Waals surface area contributed by atoms with Gasteiger partial charge in [0.2, 0.25) is 0 Å². The van der Waals surface area contributed by atoms with Crippen molar-refractivity contribution in [2.75, 3.05) is 32.1 Å². The molecule has 0 aliphatic carbocycles. The lowest BCUT2D eigenvalue weighted by Crippen LogP contribution is -2.25. The second kappa shape index (κ2) is 8.53. The Kier molecular flexibility index (Phi) is 6.87. The van der Waals surface area contributed by atoms with E-state index in [1.807, 2.05) is 31.3 Å². The van der Waals surface area contributed by atoms with Crippen LogP contribution in [-0.4, -0.2) is 32.7 Å². The van der Waals surface area contributed by atoms with E-state index in [9.17, 15) is 4.79 Å². The molecule has 0 saturated carbocycles. The fourth-order valence-corrected chi connectivity index (χ4v) is 1.51. The minimum Gasteiger partial charge on any atom is -0.388 e. The Balaban J connectivity index is 2.23. The SMILES string of the molecule is CCCOCCCNC(=O)c1ccc(NC)cc1. The Morgan fingerprint density at radius 1 is 1.22 bits per heavy atom. The van der Waals surface area contributed by atoms with Gasteiger partial charge in [-0.1, -0.05) is 6.92 Å². The number of carbonyl (C=O) groups excluding carboxylic acids is 1. The van der Waals surface area contributed by atoms with Crippen molar-refractivity contribution in [3.63, 3.8) is 0 Å². The van der Waals surface area contributed by atoms with Crippen LogP contribution in [0.2, 0.25) is 0 Å². The molecule has 1 aromatic carbocycles. The molecule has 4 nitrogen and oxygen atoms in total. The minimum atomic E-state index is -0.0341. The van der Waals surface area contributed by atoms with E-state index >= 15 is 0 Å². The lowest BCUT2D eigenvalue weighted by Gasteiger charge is -2.06. The van der Waals surface area contributed by atoms with Crippen LogP contribution in [-0.2, 0) is 4.74 Å². The number of rotatable bonds is 8. The third-order valence-electron chi connectivity index (χ3n) is 2.54. The van der Waals surface area contributed by atoms with Crippen molar-refractivity contribution in [1.29, 1.82) is 0 Å². The summed E-state index contributed by atoms with van der Waals surface area (Å²) in [6.07, 6.45) is 1.88. The first kappa shape index (κ1) is 14.5. The molecule has 0 spiro atoms. The molecule has 100 valence electrons. The Morgan fingerprint density at radius 3 is 2.56 bits per heavy atom. The van der Waals surface area contributed by atoms with E-state index in [1.165, 1.54) is 0 Å². The molecule has 0 aliphatic rings. The number of anilines is 1. The van der Waals surface area contributed by atoms with Gasteiger partial charge in [-0.25, -0.2) is 0 Å². The van der Waals surface area contributed by atoms with Crippen molar-refractivity contribution in [2.45, 2.75) is 19.8 Å². The highest BCUT2D eigenvalue weighted by Gasteiger charge is 2.03. The molecule has 4 heteroatoms. The van der Waals surface area contributed by atoms with E-state index in [1.54, 1.807) is 0 Å². The highest BCUT2D eigenvalue weighted by Crippen LogP contribution is 2.08. The molecule has 0 aliphatic heterocycles. The number of carbonyl (C=O) groups is 1. The summed E-state index contributed by atoms with van der Waals surface area (Å²) in [5, 5.41) is 5.89. The van der Waals surface area contributed by atoms with Crippen LogP contribution in [0.3, 0.4) is 0 Å². The lowest BCUT2D eigenvalue weighted by atomic mass is 10.2. The van der Waals surface area contributed by atoms with Crippen LogP contribution in [0.1, 0.15) is 30.1 Å². The van der Waals surface area contributed by atoms with Gasteiger partial charge in [-0.2, -0.15) is 0 Å². The largest absolute Gasteiger partial charge is 0.388 e. The van der Waals surface area contributed by atoms with Gasteiger partial charge in [0.05, 0.1) is 0 Å². The second-order valence-electron chi connectivity index (χ2n) is 4.05. The maximum atomic E-state index is 11.8. The normalized spacial score (nSPS) is 10.1. The average Bonchev–Trinajstić information content (AvgIpc) is 2.42. The van der Waals surface area contributed by atoms with Crippen molar-refractivity contribution in [3.8, 4) is 0 Å². The first-order valence-corrected chi connectivity index (χ1v) is 6.41. The Hall–Kier alpha value is -1.55. The molecule has 0 radical (unpaired) electrons. The molecule has 0 fully saturated rings. The van der Waals surface area contributed by atoms with Gasteiger partial charge in [-0.15, -0.1) is 0 Å². The molecule has 1 aromatic rings. The van der Waals surface area contributed by atoms with Gasteiger partial charge in [-0.05, 0) is 37.1 Å². The minimum absolute atomic E-state index is 0.0341. The molecule has 0 bridgehead atoms. The van der Waals surface area contributed by atoms with E-state index in [4.69, 9.17) is 4.74 Å². The molecule has 1 rings (SSSR count). The van der Waals surface area contributed by atoms with Crippen molar-refractivity contribution in [1.82, 2.24) is 5.32 Å². The molecule has 0 heterocycles. The molecule has 0 atom stereocenters. The summed E-state index contributed by atoms with van der Waals surface area (Å²) in [6, 6.07) is 7.40. The monoisotopic (exact) mass is 250 g/mol. The summed E-state index contributed by atoms with van der Waals surface area (Å²) in [5.41, 5.74) is 1.68. The highest BCUT2D eigenvalue weighted by molar-refractivity contribution is 5.94. The van der Waals surface area contributed by atoms with Crippen LogP contribution < -0.4 is 10.6 Å². The standard InChI is InChI=1S/C14H22N2O2/c1-3-10-18-11-4-9-16-14(17)12-5-7-13(15-2)8-6-12/h5-8,15H,3-4,9-11H2,1-2H3,(H,16,17). The summed E-state index contributed by atoms with van der Waals surface area (Å²) in [7, 11) is 1.85. The van der Waals surface area contributed by atoms with E-state index in [2.05, 4.69) is 17.6 Å². The van der Waals surface area contributed by atoms with Gasteiger partial charge in [0, 0.05) is 38.1 Å². The Labute approximate surface area is 109 Å². The zero-order chi connectivity index (χ0) is 13.2. The smallest absolute Gasteiger partial charge is 0.251 e. The number of ether oxygens (including phenoxy) is 1. The van der Waals surface area contributed by atoms with E-state index < -0.39 is 0 Å². The van der Waals surface area contributed by atoms with Crippen molar-refractivity contribution in [2.24, 2.45) is 0 Å². The highest BCUT2D eigenvalue weighted by atomic mass is 16.5. The zero-order valence-corrected chi connectivity index (χ0v) is 11.2. The molecule has 18 heavy (non-hydrogen) atoms. The van der Waals surface area contributed by atoms with Gasteiger partial charge in [-0.3, -0.25) is 4.79 Å². The average molecular weight is 250 g/mol. The maximum absolute atomic E-state index is 11.8. The third-order valence-corrected chi connectivity index (χ3v) is 2.54. The predicted molar refractivity (Wildman–Crippen MR) is 74.0 cm³/mol. The Bertz CT molecular complexity index is 349.